The van der Waals surface area contributed by atoms with E-state index in [9.17, 15) is 0 Å². The van der Waals surface area contributed by atoms with Crippen LogP contribution in [0.4, 0.5) is 0 Å². The number of aryl methyl sites for hydroxylation is 1. The Morgan fingerprint density at radius 2 is 1.84 bits per heavy atom. The average Bonchev–Trinajstić information content (AvgIpc) is 3.66. The third-order valence-electron chi connectivity index (χ3n) is 6.81. The maximum atomic E-state index is 6.21. The molecule has 184 valence electrons. The third-order valence-corrected chi connectivity index (χ3v) is 7.85. The van der Waals surface area contributed by atoms with Crippen LogP contribution in [0.5, 0.6) is 5.75 Å². The molecule has 8 nitrogen and oxygen atoms in total. The molecule has 0 radical (unpaired) electrons. The van der Waals surface area contributed by atoms with Crippen molar-refractivity contribution in [1.82, 2.24) is 35.5 Å². The van der Waals surface area contributed by atoms with E-state index in [1.54, 1.807) is 17.5 Å². The van der Waals surface area contributed by atoms with Crippen LogP contribution in [0.3, 0.4) is 0 Å². The van der Waals surface area contributed by atoms with Crippen LogP contribution in [0.2, 0.25) is 0 Å². The Balaban J connectivity index is 1.26. The summed E-state index contributed by atoms with van der Waals surface area (Å²) >= 11 is 1.77. The van der Waals surface area contributed by atoms with Crippen molar-refractivity contribution in [1.29, 1.82) is 0 Å². The monoisotopic (exact) mass is 507 g/mol. The molecule has 37 heavy (non-hydrogen) atoms. The molecule has 0 aromatic carbocycles. The molecule has 1 aliphatic rings. The van der Waals surface area contributed by atoms with E-state index in [-0.39, 0.29) is 6.10 Å². The first kappa shape index (κ1) is 22.1. The summed E-state index contributed by atoms with van der Waals surface area (Å²) in [7, 11) is 0. The summed E-state index contributed by atoms with van der Waals surface area (Å²) in [6.45, 7) is 4.09. The topological polar surface area (TPSA) is 104 Å². The average molecular weight is 508 g/mol. The molecule has 0 spiro atoms. The standard InChI is InChI=1S/C28H25N7OS/c1-16-2-5-26(37-16)21-14-31-15-25-20(21)11-24(32-25)28-27-23(34-35-28)4-3-22(33-27)17-10-19(13-30-12-17)36-18-6-8-29-9-7-18/h2-5,10-15,18,29,32H,6-9H2,1H3,(H,34,35). The molecule has 0 unspecified atom stereocenters. The molecule has 1 saturated heterocycles. The van der Waals surface area contributed by atoms with Gasteiger partial charge in [-0.2, -0.15) is 5.10 Å². The zero-order valence-electron chi connectivity index (χ0n) is 20.3. The van der Waals surface area contributed by atoms with Crippen LogP contribution in [0.15, 0.2) is 61.2 Å². The number of nitrogens with one attached hydrogen (secondary N) is 3. The van der Waals surface area contributed by atoms with Crippen LogP contribution >= 0.6 is 11.3 Å². The summed E-state index contributed by atoms with van der Waals surface area (Å²) in [6.07, 6.45) is 9.60. The lowest BCUT2D eigenvalue weighted by Gasteiger charge is -2.23. The predicted octanol–water partition coefficient (Wildman–Crippen LogP) is 5.73. The van der Waals surface area contributed by atoms with Crippen LogP contribution in [0, 0.1) is 6.92 Å². The van der Waals surface area contributed by atoms with Crippen LogP contribution in [-0.2, 0) is 0 Å². The van der Waals surface area contributed by atoms with E-state index >= 15 is 0 Å². The maximum absolute atomic E-state index is 6.21. The van der Waals surface area contributed by atoms with Crippen LogP contribution < -0.4 is 10.1 Å². The van der Waals surface area contributed by atoms with E-state index in [0.29, 0.717) is 0 Å². The van der Waals surface area contributed by atoms with Gasteiger partial charge in [0.2, 0.25) is 0 Å². The Morgan fingerprint density at radius 1 is 0.946 bits per heavy atom. The molecule has 6 aromatic rings. The second-order valence-corrected chi connectivity index (χ2v) is 10.7. The summed E-state index contributed by atoms with van der Waals surface area (Å²) in [4.78, 5) is 19.9. The number of aromatic amines is 2. The number of piperidine rings is 1. The Kier molecular flexibility index (Phi) is 5.44. The largest absolute Gasteiger partial charge is 0.489 e. The number of nitrogens with zero attached hydrogens (tertiary/aromatic N) is 4. The summed E-state index contributed by atoms with van der Waals surface area (Å²) in [5.41, 5.74) is 7.17. The van der Waals surface area contributed by atoms with Gasteiger partial charge in [-0.3, -0.25) is 15.1 Å². The van der Waals surface area contributed by atoms with Gasteiger partial charge < -0.3 is 15.0 Å². The van der Waals surface area contributed by atoms with E-state index in [0.717, 1.165) is 81.8 Å². The molecule has 6 aromatic heterocycles. The Morgan fingerprint density at radius 3 is 2.70 bits per heavy atom. The number of aromatic nitrogens is 6. The smallest absolute Gasteiger partial charge is 0.138 e. The summed E-state index contributed by atoms with van der Waals surface area (Å²) in [5.74, 6) is 0.776. The molecule has 7 rings (SSSR count). The van der Waals surface area contributed by atoms with Crippen LogP contribution in [0.1, 0.15) is 17.7 Å². The van der Waals surface area contributed by atoms with E-state index in [2.05, 4.69) is 55.6 Å². The highest BCUT2D eigenvalue weighted by Crippen LogP contribution is 2.36. The molecule has 1 fully saturated rings. The van der Waals surface area contributed by atoms with Crippen LogP contribution in [0.25, 0.3) is 55.0 Å². The van der Waals surface area contributed by atoms with E-state index in [1.807, 2.05) is 36.8 Å². The number of pyridine rings is 3. The van der Waals surface area contributed by atoms with Gasteiger partial charge >= 0.3 is 0 Å². The predicted molar refractivity (Wildman–Crippen MR) is 147 cm³/mol. The molecular formula is C28H25N7OS. The second-order valence-electron chi connectivity index (χ2n) is 9.38. The fourth-order valence-electron chi connectivity index (χ4n) is 4.93. The zero-order chi connectivity index (χ0) is 24.8. The van der Waals surface area contributed by atoms with Crippen LogP contribution in [-0.4, -0.2) is 49.3 Å². The molecule has 0 saturated carbocycles. The highest BCUT2D eigenvalue weighted by molar-refractivity contribution is 7.15. The molecule has 0 bridgehead atoms. The highest BCUT2D eigenvalue weighted by Gasteiger charge is 2.18. The van der Waals surface area contributed by atoms with E-state index in [1.165, 1.54) is 9.75 Å². The molecule has 0 aliphatic carbocycles. The maximum Gasteiger partial charge on any atom is 0.138 e. The molecule has 9 heteroatoms. The van der Waals surface area contributed by atoms with Crippen molar-refractivity contribution in [3.8, 4) is 38.8 Å². The van der Waals surface area contributed by atoms with Gasteiger partial charge in [-0.25, -0.2) is 4.98 Å². The Labute approximate surface area is 217 Å². The van der Waals surface area contributed by atoms with Gasteiger partial charge in [-0.1, -0.05) is 0 Å². The molecule has 1 aliphatic heterocycles. The number of rotatable bonds is 5. The highest BCUT2D eigenvalue weighted by atomic mass is 32.1. The number of H-pyrrole nitrogens is 2. The number of hydrogen-bond donors (Lipinski definition) is 3. The normalized spacial score (nSPS) is 14.5. The van der Waals surface area contributed by atoms with Gasteiger partial charge in [0.05, 0.1) is 34.8 Å². The quantitative estimate of drug-likeness (QED) is 0.275. The summed E-state index contributed by atoms with van der Waals surface area (Å²) < 4.78 is 6.21. The number of ether oxygens (including phenoxy) is 1. The molecule has 0 atom stereocenters. The SMILES string of the molecule is Cc1ccc(-c2cncc3[nH]c(-c4n[nH]c5ccc(-c6cncc(OC7CCNCC7)c6)nc45)cc23)s1. The van der Waals surface area contributed by atoms with Gasteiger partial charge in [0.1, 0.15) is 23.1 Å². The number of hydrogen-bond acceptors (Lipinski definition) is 7. The fourth-order valence-corrected chi connectivity index (χ4v) is 5.82. The summed E-state index contributed by atoms with van der Waals surface area (Å²) in [6, 6.07) is 12.5. The minimum absolute atomic E-state index is 0.216. The van der Waals surface area contributed by atoms with Crippen molar-refractivity contribution in [3.63, 3.8) is 0 Å². The minimum Gasteiger partial charge on any atom is -0.489 e. The molecule has 7 heterocycles. The second kappa shape index (κ2) is 9.10. The van der Waals surface area contributed by atoms with Crippen molar-refractivity contribution in [2.45, 2.75) is 25.9 Å². The zero-order valence-corrected chi connectivity index (χ0v) is 21.1. The number of fused-ring (bicyclic) bond motifs is 2. The Hall–Kier alpha value is -4.08. The molecular weight excluding hydrogens is 482 g/mol. The van der Waals surface area contributed by atoms with Crippen molar-refractivity contribution in [3.05, 3.63) is 66.1 Å². The fraction of sp³-hybridized carbons (Fsp3) is 0.214. The van der Waals surface area contributed by atoms with Gasteiger partial charge in [0, 0.05) is 38.7 Å². The van der Waals surface area contributed by atoms with Gasteiger partial charge in [0.15, 0.2) is 0 Å². The first-order chi connectivity index (χ1) is 18.2. The van der Waals surface area contributed by atoms with Gasteiger partial charge in [0.25, 0.3) is 0 Å². The van der Waals surface area contributed by atoms with Gasteiger partial charge in [-0.15, -0.1) is 11.3 Å². The van der Waals surface area contributed by atoms with Gasteiger partial charge in [-0.05, 0) is 69.3 Å². The van der Waals surface area contributed by atoms with E-state index in [4.69, 9.17) is 9.72 Å². The minimum atomic E-state index is 0.216. The lowest BCUT2D eigenvalue weighted by atomic mass is 10.1. The lowest BCUT2D eigenvalue weighted by Crippen LogP contribution is -2.34. The first-order valence-corrected chi connectivity index (χ1v) is 13.2. The molecule has 3 N–H and O–H groups in total. The lowest BCUT2D eigenvalue weighted by molar-refractivity contribution is 0.162. The first-order valence-electron chi connectivity index (χ1n) is 12.4. The Bertz CT molecular complexity index is 1730. The third kappa shape index (κ3) is 4.16. The van der Waals surface area contributed by atoms with Crippen molar-refractivity contribution in [2.24, 2.45) is 0 Å². The summed E-state index contributed by atoms with van der Waals surface area (Å²) in [5, 5.41) is 12.2. The van der Waals surface area contributed by atoms with E-state index < -0.39 is 0 Å². The van der Waals surface area contributed by atoms with Crippen molar-refractivity contribution < 1.29 is 4.74 Å². The van der Waals surface area contributed by atoms with Crippen molar-refractivity contribution >= 4 is 33.3 Å². The number of thiophene rings is 1. The van der Waals surface area contributed by atoms with Crippen molar-refractivity contribution in [2.75, 3.05) is 13.1 Å². The molecule has 0 amide bonds.